The van der Waals surface area contributed by atoms with Gasteiger partial charge in [0.1, 0.15) is 13.2 Å². The molecular weight excluding hydrogens is 504 g/mol. The smallest absolute Gasteiger partial charge is 0.407 e. The topological polar surface area (TPSA) is 135 Å². The van der Waals surface area contributed by atoms with Gasteiger partial charge in [-0.1, -0.05) is 45.9 Å². The van der Waals surface area contributed by atoms with E-state index >= 15 is 0 Å². The standard InChI is InChI=1S/C24H30N4O6S2/c1-3-25-23(31)33-15-13-27-21(29)17-9-5-7-11-19(17)35-36-20-12-8-6-10-18(20)22(30)28-14-16-34-24(32)26-4-2/h5-12H,3-4,13-16H2,1-2H3,(H,25,31)(H,26,32)(H,27,29)(H,28,30). The number of rotatable bonds is 13. The minimum atomic E-state index is -0.531. The predicted molar refractivity (Wildman–Crippen MR) is 139 cm³/mol. The number of carbonyl (C=O) groups excluding carboxylic acids is 4. The maximum absolute atomic E-state index is 12.7. The molecule has 194 valence electrons. The molecule has 0 aliphatic rings. The number of alkyl carbamates (subject to hydrolysis) is 2. The first-order valence-corrected chi connectivity index (χ1v) is 13.5. The van der Waals surface area contributed by atoms with Crippen LogP contribution in [0.15, 0.2) is 58.3 Å². The Balaban J connectivity index is 1.92. The summed E-state index contributed by atoms with van der Waals surface area (Å²) in [6.45, 7) is 4.95. The maximum atomic E-state index is 12.7. The van der Waals surface area contributed by atoms with Gasteiger partial charge in [0.2, 0.25) is 0 Å². The average molecular weight is 535 g/mol. The van der Waals surface area contributed by atoms with E-state index < -0.39 is 12.2 Å². The molecule has 0 radical (unpaired) electrons. The van der Waals surface area contributed by atoms with Gasteiger partial charge < -0.3 is 30.7 Å². The van der Waals surface area contributed by atoms with E-state index in [0.29, 0.717) is 24.2 Å². The van der Waals surface area contributed by atoms with Crippen LogP contribution in [0.4, 0.5) is 9.59 Å². The second kappa shape index (κ2) is 16.3. The van der Waals surface area contributed by atoms with Crippen molar-refractivity contribution in [1.29, 1.82) is 0 Å². The molecule has 0 aromatic heterocycles. The first kappa shape index (κ1) is 28.9. The van der Waals surface area contributed by atoms with Crippen molar-refractivity contribution in [3.8, 4) is 0 Å². The highest BCUT2D eigenvalue weighted by atomic mass is 33.1. The third kappa shape index (κ3) is 10.1. The number of ether oxygens (including phenoxy) is 2. The van der Waals surface area contributed by atoms with Crippen LogP contribution >= 0.6 is 21.6 Å². The van der Waals surface area contributed by atoms with Gasteiger partial charge in [0.25, 0.3) is 11.8 Å². The second-order valence-corrected chi connectivity index (χ2v) is 9.22. The summed E-state index contributed by atoms with van der Waals surface area (Å²) < 4.78 is 9.92. The first-order chi connectivity index (χ1) is 17.5. The van der Waals surface area contributed by atoms with E-state index in [1.165, 1.54) is 21.6 Å². The summed E-state index contributed by atoms with van der Waals surface area (Å²) in [5, 5.41) is 10.5. The van der Waals surface area contributed by atoms with E-state index in [9.17, 15) is 19.2 Å². The van der Waals surface area contributed by atoms with Crippen molar-refractivity contribution in [3.05, 3.63) is 59.7 Å². The number of hydrogen-bond acceptors (Lipinski definition) is 8. The van der Waals surface area contributed by atoms with Crippen molar-refractivity contribution in [1.82, 2.24) is 21.3 Å². The van der Waals surface area contributed by atoms with E-state index in [1.54, 1.807) is 38.1 Å². The van der Waals surface area contributed by atoms with Gasteiger partial charge in [0.15, 0.2) is 0 Å². The molecule has 12 heteroatoms. The number of amides is 4. The molecule has 10 nitrogen and oxygen atoms in total. The van der Waals surface area contributed by atoms with Crippen LogP contribution in [0.25, 0.3) is 0 Å². The number of hydrogen-bond donors (Lipinski definition) is 4. The molecule has 36 heavy (non-hydrogen) atoms. The van der Waals surface area contributed by atoms with Gasteiger partial charge >= 0.3 is 12.2 Å². The highest BCUT2D eigenvalue weighted by Gasteiger charge is 2.15. The molecule has 2 aromatic rings. The van der Waals surface area contributed by atoms with E-state index in [1.807, 2.05) is 24.3 Å². The lowest BCUT2D eigenvalue weighted by molar-refractivity contribution is 0.0926. The molecule has 2 aromatic carbocycles. The fourth-order valence-electron chi connectivity index (χ4n) is 2.74. The van der Waals surface area contributed by atoms with Gasteiger partial charge in [-0.15, -0.1) is 0 Å². The van der Waals surface area contributed by atoms with Crippen LogP contribution in [0.2, 0.25) is 0 Å². The van der Waals surface area contributed by atoms with E-state index in [0.717, 1.165) is 9.79 Å². The lowest BCUT2D eigenvalue weighted by atomic mass is 10.2. The maximum Gasteiger partial charge on any atom is 0.407 e. The molecule has 0 bridgehead atoms. The highest BCUT2D eigenvalue weighted by molar-refractivity contribution is 8.76. The molecule has 0 spiro atoms. The number of carbonyl (C=O) groups is 4. The van der Waals surface area contributed by atoms with Crippen LogP contribution in [-0.4, -0.2) is 63.4 Å². The highest BCUT2D eigenvalue weighted by Crippen LogP contribution is 2.40. The molecule has 0 saturated carbocycles. The van der Waals surface area contributed by atoms with Gasteiger partial charge in [-0.05, 0) is 38.1 Å². The molecule has 4 amide bonds. The molecular formula is C24H30N4O6S2. The lowest BCUT2D eigenvalue weighted by Crippen LogP contribution is -2.31. The molecule has 0 unspecified atom stereocenters. The first-order valence-electron chi connectivity index (χ1n) is 11.4. The SMILES string of the molecule is CCNC(=O)OCCNC(=O)c1ccccc1SSc1ccccc1C(=O)NCCOC(=O)NCC. The largest absolute Gasteiger partial charge is 0.448 e. The van der Waals surface area contributed by atoms with Gasteiger partial charge in [0, 0.05) is 22.9 Å². The average Bonchev–Trinajstić information content (AvgIpc) is 2.88. The third-order valence-corrected chi connectivity index (χ3v) is 6.85. The van der Waals surface area contributed by atoms with Crippen LogP contribution < -0.4 is 21.3 Å². The van der Waals surface area contributed by atoms with E-state index in [2.05, 4.69) is 21.3 Å². The zero-order chi connectivity index (χ0) is 26.2. The molecule has 0 saturated heterocycles. The summed E-state index contributed by atoms with van der Waals surface area (Å²) in [5.74, 6) is -0.590. The van der Waals surface area contributed by atoms with Crippen molar-refractivity contribution in [2.45, 2.75) is 23.6 Å². The van der Waals surface area contributed by atoms with Crippen molar-refractivity contribution >= 4 is 45.6 Å². The fraction of sp³-hybridized carbons (Fsp3) is 0.333. The van der Waals surface area contributed by atoms with Crippen LogP contribution in [0.3, 0.4) is 0 Å². The quantitative estimate of drug-likeness (QED) is 0.227. The Hall–Kier alpha value is -3.38. The molecule has 2 rings (SSSR count). The Morgan fingerprint density at radius 2 is 1.03 bits per heavy atom. The molecule has 0 aliphatic carbocycles. The second-order valence-electron chi connectivity index (χ2n) is 7.00. The van der Waals surface area contributed by atoms with Crippen LogP contribution in [0, 0.1) is 0 Å². The Bertz CT molecular complexity index is 956. The van der Waals surface area contributed by atoms with Gasteiger partial charge in [0.05, 0.1) is 24.2 Å². The summed E-state index contributed by atoms with van der Waals surface area (Å²) in [6, 6.07) is 14.2. The van der Waals surface area contributed by atoms with E-state index in [-0.39, 0.29) is 38.1 Å². The third-order valence-electron chi connectivity index (χ3n) is 4.37. The number of benzene rings is 2. The van der Waals surface area contributed by atoms with Crippen LogP contribution in [-0.2, 0) is 9.47 Å². The van der Waals surface area contributed by atoms with Crippen molar-refractivity contribution in [2.24, 2.45) is 0 Å². The number of nitrogens with one attached hydrogen (secondary N) is 4. The van der Waals surface area contributed by atoms with Gasteiger partial charge in [-0.25, -0.2) is 9.59 Å². The fourth-order valence-corrected chi connectivity index (χ4v) is 5.10. The Kier molecular flexibility index (Phi) is 13.1. The molecule has 0 heterocycles. The minimum absolute atomic E-state index is 0.0540. The molecule has 0 aliphatic heterocycles. The van der Waals surface area contributed by atoms with Gasteiger partial charge in [-0.2, -0.15) is 0 Å². The summed E-state index contributed by atoms with van der Waals surface area (Å²) in [4.78, 5) is 49.4. The summed E-state index contributed by atoms with van der Waals surface area (Å²) >= 11 is 0. The summed E-state index contributed by atoms with van der Waals surface area (Å²) in [6.07, 6.45) is -1.06. The summed E-state index contributed by atoms with van der Waals surface area (Å²) in [7, 11) is 2.70. The van der Waals surface area contributed by atoms with Crippen LogP contribution in [0.1, 0.15) is 34.6 Å². The molecule has 4 N–H and O–H groups in total. The van der Waals surface area contributed by atoms with Crippen molar-refractivity contribution in [3.63, 3.8) is 0 Å². The lowest BCUT2D eigenvalue weighted by Gasteiger charge is -2.12. The Morgan fingerprint density at radius 3 is 1.42 bits per heavy atom. The normalized spacial score (nSPS) is 10.2. The molecule has 0 atom stereocenters. The molecule has 0 fully saturated rings. The Labute approximate surface area is 218 Å². The minimum Gasteiger partial charge on any atom is -0.448 e. The van der Waals surface area contributed by atoms with Gasteiger partial charge in [-0.3, -0.25) is 9.59 Å². The Morgan fingerprint density at radius 1 is 0.639 bits per heavy atom. The van der Waals surface area contributed by atoms with E-state index in [4.69, 9.17) is 9.47 Å². The zero-order valence-corrected chi connectivity index (χ0v) is 21.8. The monoisotopic (exact) mass is 534 g/mol. The van der Waals surface area contributed by atoms with Crippen molar-refractivity contribution in [2.75, 3.05) is 39.4 Å². The predicted octanol–water partition coefficient (Wildman–Crippen LogP) is 3.44. The summed E-state index contributed by atoms with van der Waals surface area (Å²) in [5.41, 5.74) is 0.940. The van der Waals surface area contributed by atoms with Crippen molar-refractivity contribution < 1.29 is 28.7 Å². The van der Waals surface area contributed by atoms with Crippen LogP contribution in [0.5, 0.6) is 0 Å². The zero-order valence-electron chi connectivity index (χ0n) is 20.1.